The Labute approximate surface area is 118 Å². The molecule has 0 heterocycles. The van der Waals surface area contributed by atoms with Crippen molar-refractivity contribution < 1.29 is 14.3 Å². The number of amides is 2. The highest BCUT2D eigenvalue weighted by Crippen LogP contribution is 2.15. The lowest BCUT2D eigenvalue weighted by molar-refractivity contribution is -0.121. The number of nitrogens with one attached hydrogen (secondary N) is 2. The van der Waals surface area contributed by atoms with Crippen molar-refractivity contribution in [3.05, 3.63) is 29.3 Å². The largest absolute Gasteiger partial charge is 0.398 e. The second-order valence-electron chi connectivity index (χ2n) is 4.38. The van der Waals surface area contributed by atoms with E-state index in [4.69, 9.17) is 10.5 Å². The Morgan fingerprint density at radius 3 is 2.70 bits per heavy atom. The zero-order valence-electron chi connectivity index (χ0n) is 11.9. The van der Waals surface area contributed by atoms with Gasteiger partial charge < -0.3 is 21.1 Å². The fraction of sp³-hybridized carbons (Fsp3) is 0.429. The summed E-state index contributed by atoms with van der Waals surface area (Å²) in [6.07, 6.45) is 0.223. The van der Waals surface area contributed by atoms with E-state index in [0.29, 0.717) is 24.4 Å². The SMILES string of the molecule is COCCNC(=O)CCNC(=O)c1cccc(C)c1N. The molecule has 0 atom stereocenters. The highest BCUT2D eigenvalue weighted by Gasteiger charge is 2.10. The van der Waals surface area contributed by atoms with Crippen molar-refractivity contribution in [2.75, 3.05) is 32.5 Å². The summed E-state index contributed by atoms with van der Waals surface area (Å²) >= 11 is 0. The summed E-state index contributed by atoms with van der Waals surface area (Å²) in [4.78, 5) is 23.3. The van der Waals surface area contributed by atoms with E-state index in [1.165, 1.54) is 0 Å². The minimum Gasteiger partial charge on any atom is -0.398 e. The molecule has 110 valence electrons. The van der Waals surface area contributed by atoms with E-state index in [1.54, 1.807) is 19.2 Å². The Morgan fingerprint density at radius 2 is 2.00 bits per heavy atom. The molecule has 6 nitrogen and oxygen atoms in total. The van der Waals surface area contributed by atoms with E-state index >= 15 is 0 Å². The third-order valence-electron chi connectivity index (χ3n) is 2.83. The number of rotatable bonds is 7. The van der Waals surface area contributed by atoms with Gasteiger partial charge in [0, 0.05) is 32.3 Å². The van der Waals surface area contributed by atoms with Crippen LogP contribution in [0.25, 0.3) is 0 Å². The van der Waals surface area contributed by atoms with E-state index in [1.807, 2.05) is 13.0 Å². The summed E-state index contributed by atoms with van der Waals surface area (Å²) in [7, 11) is 1.57. The highest BCUT2D eigenvalue weighted by atomic mass is 16.5. The van der Waals surface area contributed by atoms with E-state index in [-0.39, 0.29) is 24.8 Å². The van der Waals surface area contributed by atoms with Gasteiger partial charge in [0.2, 0.25) is 5.91 Å². The summed E-state index contributed by atoms with van der Waals surface area (Å²) in [5.41, 5.74) is 7.60. The number of aryl methyl sites for hydroxylation is 1. The van der Waals surface area contributed by atoms with Gasteiger partial charge in [-0.3, -0.25) is 9.59 Å². The molecular formula is C14H21N3O3. The lowest BCUT2D eigenvalue weighted by Gasteiger charge is -2.09. The lowest BCUT2D eigenvalue weighted by Crippen LogP contribution is -2.32. The zero-order chi connectivity index (χ0) is 15.0. The van der Waals surface area contributed by atoms with Crippen LogP contribution < -0.4 is 16.4 Å². The molecule has 0 radical (unpaired) electrons. The number of benzene rings is 1. The van der Waals surface area contributed by atoms with E-state index in [0.717, 1.165) is 5.56 Å². The second-order valence-corrected chi connectivity index (χ2v) is 4.38. The topological polar surface area (TPSA) is 93.5 Å². The van der Waals surface area contributed by atoms with Crippen LogP contribution in [0.15, 0.2) is 18.2 Å². The molecule has 0 aliphatic rings. The van der Waals surface area contributed by atoms with Crippen LogP contribution >= 0.6 is 0 Å². The first-order valence-corrected chi connectivity index (χ1v) is 6.45. The van der Waals surface area contributed by atoms with Crippen LogP contribution in [0.1, 0.15) is 22.3 Å². The molecule has 20 heavy (non-hydrogen) atoms. The average Bonchev–Trinajstić information content (AvgIpc) is 2.42. The first kappa shape index (κ1) is 16.0. The van der Waals surface area contributed by atoms with Crippen LogP contribution in [0.3, 0.4) is 0 Å². The minimum atomic E-state index is -0.268. The van der Waals surface area contributed by atoms with Crippen molar-refractivity contribution in [3.8, 4) is 0 Å². The number of ether oxygens (including phenoxy) is 1. The van der Waals surface area contributed by atoms with Gasteiger partial charge in [-0.1, -0.05) is 12.1 Å². The molecule has 0 fully saturated rings. The van der Waals surface area contributed by atoms with Crippen LogP contribution in [0.4, 0.5) is 5.69 Å². The van der Waals surface area contributed by atoms with Crippen molar-refractivity contribution in [2.45, 2.75) is 13.3 Å². The summed E-state index contributed by atoms with van der Waals surface area (Å²) in [6, 6.07) is 5.28. The molecule has 0 saturated carbocycles. The van der Waals surface area contributed by atoms with Crippen LogP contribution in [0.5, 0.6) is 0 Å². The van der Waals surface area contributed by atoms with Gasteiger partial charge in [-0.25, -0.2) is 0 Å². The molecule has 0 aliphatic carbocycles. The number of nitrogens with two attached hydrogens (primary N) is 1. The Morgan fingerprint density at radius 1 is 1.25 bits per heavy atom. The van der Waals surface area contributed by atoms with Gasteiger partial charge >= 0.3 is 0 Å². The van der Waals surface area contributed by atoms with Crippen molar-refractivity contribution in [1.29, 1.82) is 0 Å². The van der Waals surface area contributed by atoms with Crippen molar-refractivity contribution in [1.82, 2.24) is 10.6 Å². The number of hydrogen-bond acceptors (Lipinski definition) is 4. The zero-order valence-corrected chi connectivity index (χ0v) is 11.9. The molecule has 1 rings (SSSR count). The predicted molar refractivity (Wildman–Crippen MR) is 77.4 cm³/mol. The summed E-state index contributed by atoms with van der Waals surface area (Å²) < 4.78 is 4.82. The molecular weight excluding hydrogens is 258 g/mol. The number of para-hydroxylation sites is 1. The Hall–Kier alpha value is -2.08. The van der Waals surface area contributed by atoms with Gasteiger partial charge in [0.05, 0.1) is 12.2 Å². The maximum Gasteiger partial charge on any atom is 0.253 e. The van der Waals surface area contributed by atoms with E-state index in [9.17, 15) is 9.59 Å². The monoisotopic (exact) mass is 279 g/mol. The number of carbonyl (C=O) groups is 2. The summed E-state index contributed by atoms with van der Waals surface area (Å²) in [5, 5.41) is 5.35. The van der Waals surface area contributed by atoms with Crippen LogP contribution in [-0.4, -0.2) is 38.6 Å². The molecule has 1 aromatic carbocycles. The van der Waals surface area contributed by atoms with Crippen LogP contribution in [0, 0.1) is 6.92 Å². The molecule has 0 aliphatic heterocycles. The van der Waals surface area contributed by atoms with Gasteiger partial charge in [0.1, 0.15) is 0 Å². The molecule has 4 N–H and O–H groups in total. The average molecular weight is 279 g/mol. The van der Waals surface area contributed by atoms with E-state index < -0.39 is 0 Å². The summed E-state index contributed by atoms with van der Waals surface area (Å²) in [5.74, 6) is -0.393. The van der Waals surface area contributed by atoms with Crippen molar-refractivity contribution >= 4 is 17.5 Å². The fourth-order valence-electron chi connectivity index (χ4n) is 1.64. The van der Waals surface area contributed by atoms with Crippen LogP contribution in [0.2, 0.25) is 0 Å². The maximum absolute atomic E-state index is 11.9. The molecule has 6 heteroatoms. The molecule has 0 aromatic heterocycles. The normalized spacial score (nSPS) is 10.1. The minimum absolute atomic E-state index is 0.125. The van der Waals surface area contributed by atoms with Gasteiger partial charge in [-0.2, -0.15) is 0 Å². The lowest BCUT2D eigenvalue weighted by atomic mass is 10.1. The molecule has 0 bridgehead atoms. The molecule has 0 spiro atoms. The number of carbonyl (C=O) groups excluding carboxylic acids is 2. The Kier molecular flexibility index (Phi) is 6.52. The van der Waals surface area contributed by atoms with Gasteiger partial charge in [-0.15, -0.1) is 0 Å². The Balaban J connectivity index is 2.37. The predicted octanol–water partition coefficient (Wildman–Crippen LogP) is 0.460. The first-order chi connectivity index (χ1) is 9.56. The molecule has 0 saturated heterocycles. The maximum atomic E-state index is 11.9. The number of hydrogen-bond donors (Lipinski definition) is 3. The van der Waals surface area contributed by atoms with Gasteiger partial charge in [-0.05, 0) is 18.6 Å². The van der Waals surface area contributed by atoms with Crippen molar-refractivity contribution in [2.24, 2.45) is 0 Å². The van der Waals surface area contributed by atoms with Gasteiger partial charge in [0.15, 0.2) is 0 Å². The summed E-state index contributed by atoms with van der Waals surface area (Å²) in [6.45, 7) is 3.05. The van der Waals surface area contributed by atoms with Crippen LogP contribution in [-0.2, 0) is 9.53 Å². The second kappa shape index (κ2) is 8.16. The molecule has 2 amide bonds. The molecule has 0 unspecified atom stereocenters. The highest BCUT2D eigenvalue weighted by molar-refractivity contribution is 5.99. The third kappa shape index (κ3) is 4.89. The van der Waals surface area contributed by atoms with Crippen molar-refractivity contribution in [3.63, 3.8) is 0 Å². The Bertz CT molecular complexity index is 475. The fourth-order valence-corrected chi connectivity index (χ4v) is 1.64. The number of nitrogen functional groups attached to an aromatic ring is 1. The van der Waals surface area contributed by atoms with E-state index in [2.05, 4.69) is 10.6 Å². The number of methoxy groups -OCH3 is 1. The first-order valence-electron chi connectivity index (χ1n) is 6.45. The quantitative estimate of drug-likeness (QED) is 0.499. The van der Waals surface area contributed by atoms with Gasteiger partial charge in [0.25, 0.3) is 5.91 Å². The third-order valence-corrected chi connectivity index (χ3v) is 2.83. The molecule has 1 aromatic rings. The standard InChI is InChI=1S/C14H21N3O3/c1-10-4-3-5-11(13(10)15)14(19)17-7-6-12(18)16-8-9-20-2/h3-5H,6-9,15H2,1-2H3,(H,16,18)(H,17,19). The number of anilines is 1. The smallest absolute Gasteiger partial charge is 0.253 e.